The van der Waals surface area contributed by atoms with Gasteiger partial charge in [-0.3, -0.25) is 4.79 Å². The molecule has 0 N–H and O–H groups in total. The van der Waals surface area contributed by atoms with Gasteiger partial charge in [0.05, 0.1) is 11.9 Å². The van der Waals surface area contributed by atoms with Gasteiger partial charge in [-0.15, -0.1) is 22.7 Å². The molecule has 0 saturated carbocycles. The number of hydrogen-bond acceptors (Lipinski definition) is 4. The highest BCUT2D eigenvalue weighted by atomic mass is 32.1. The normalized spacial score (nSPS) is 11.0. The third-order valence-corrected chi connectivity index (χ3v) is 4.03. The molecular formula is C11H8N2OS2. The van der Waals surface area contributed by atoms with E-state index in [0.29, 0.717) is 6.54 Å². The fourth-order valence-corrected chi connectivity index (χ4v) is 2.99. The van der Waals surface area contributed by atoms with Gasteiger partial charge >= 0.3 is 0 Å². The molecule has 0 fully saturated rings. The van der Waals surface area contributed by atoms with Crippen molar-refractivity contribution in [1.82, 2.24) is 9.55 Å². The molecule has 5 heteroatoms. The minimum Gasteiger partial charge on any atom is -0.308 e. The van der Waals surface area contributed by atoms with Crippen molar-refractivity contribution >= 4 is 32.8 Å². The Morgan fingerprint density at radius 3 is 3.00 bits per heavy atom. The highest BCUT2D eigenvalue weighted by Crippen LogP contribution is 2.16. The van der Waals surface area contributed by atoms with Crippen molar-refractivity contribution < 1.29 is 0 Å². The van der Waals surface area contributed by atoms with E-state index in [0.717, 1.165) is 15.1 Å². The molecule has 3 aromatic rings. The predicted octanol–water partition coefficient (Wildman–Crippen LogP) is 2.57. The third-order valence-electron chi connectivity index (χ3n) is 2.38. The Bertz CT molecular complexity index is 667. The molecular weight excluding hydrogens is 240 g/mol. The van der Waals surface area contributed by atoms with E-state index in [2.05, 4.69) is 4.98 Å². The highest BCUT2D eigenvalue weighted by Gasteiger charge is 2.04. The molecule has 3 rings (SSSR count). The molecule has 3 heterocycles. The topological polar surface area (TPSA) is 34.9 Å². The summed E-state index contributed by atoms with van der Waals surface area (Å²) in [6, 6.07) is 3.86. The standard InChI is InChI=1S/C11H8N2OS2/c14-11-8-2-5-15-9(8)1-4-13(11)7-10-12-3-6-16-10/h1-6H,7H2. The van der Waals surface area contributed by atoms with Gasteiger partial charge in [0.15, 0.2) is 0 Å². The number of thiazole rings is 1. The summed E-state index contributed by atoms with van der Waals surface area (Å²) in [5.74, 6) is 0. The minimum absolute atomic E-state index is 0.0638. The molecule has 0 aromatic carbocycles. The number of fused-ring (bicyclic) bond motifs is 1. The Morgan fingerprint density at radius 2 is 2.19 bits per heavy atom. The molecule has 0 amide bonds. The van der Waals surface area contributed by atoms with Gasteiger partial charge in [0, 0.05) is 22.5 Å². The number of hydrogen-bond donors (Lipinski definition) is 0. The summed E-state index contributed by atoms with van der Waals surface area (Å²) in [6.45, 7) is 0.558. The smallest absolute Gasteiger partial charge is 0.259 e. The van der Waals surface area contributed by atoms with Crippen LogP contribution in [0.15, 0.2) is 40.1 Å². The Kier molecular flexibility index (Phi) is 2.34. The van der Waals surface area contributed by atoms with Crippen molar-refractivity contribution in [3.8, 4) is 0 Å². The average molecular weight is 248 g/mol. The van der Waals surface area contributed by atoms with Crippen molar-refractivity contribution in [2.45, 2.75) is 6.54 Å². The first-order chi connectivity index (χ1) is 7.84. The van der Waals surface area contributed by atoms with Crippen LogP contribution < -0.4 is 5.56 Å². The van der Waals surface area contributed by atoms with Gasteiger partial charge in [-0.25, -0.2) is 4.98 Å². The molecule has 0 spiro atoms. The van der Waals surface area contributed by atoms with Crippen LogP contribution in [0.2, 0.25) is 0 Å². The molecule has 0 aliphatic carbocycles. The molecule has 0 bridgehead atoms. The molecule has 0 aliphatic heterocycles. The molecule has 0 unspecified atom stereocenters. The minimum atomic E-state index is 0.0638. The second-order valence-corrected chi connectivity index (χ2v) is 5.30. The number of pyridine rings is 1. The summed E-state index contributed by atoms with van der Waals surface area (Å²) >= 11 is 3.16. The molecule has 3 aromatic heterocycles. The Morgan fingerprint density at radius 1 is 1.25 bits per heavy atom. The van der Waals surface area contributed by atoms with Crippen LogP contribution in [0.4, 0.5) is 0 Å². The largest absolute Gasteiger partial charge is 0.308 e. The fourth-order valence-electron chi connectivity index (χ4n) is 1.61. The maximum absolute atomic E-state index is 12.1. The molecule has 0 saturated heterocycles. The van der Waals surface area contributed by atoms with Gasteiger partial charge in [-0.1, -0.05) is 0 Å². The van der Waals surface area contributed by atoms with E-state index < -0.39 is 0 Å². The summed E-state index contributed by atoms with van der Waals surface area (Å²) < 4.78 is 2.74. The van der Waals surface area contributed by atoms with Gasteiger partial charge in [-0.05, 0) is 17.5 Å². The first-order valence-electron chi connectivity index (χ1n) is 4.79. The lowest BCUT2D eigenvalue weighted by Gasteiger charge is -2.02. The second kappa shape index (κ2) is 3.84. The molecule has 0 radical (unpaired) electrons. The molecule has 3 nitrogen and oxygen atoms in total. The Hall–Kier alpha value is -1.46. The maximum Gasteiger partial charge on any atom is 0.259 e. The van der Waals surface area contributed by atoms with Crippen LogP contribution in [0.5, 0.6) is 0 Å². The maximum atomic E-state index is 12.1. The molecule has 80 valence electrons. The SMILES string of the molecule is O=c1c2ccsc2ccn1Cc1nccs1. The van der Waals surface area contributed by atoms with Crippen LogP contribution >= 0.6 is 22.7 Å². The van der Waals surface area contributed by atoms with Crippen LogP contribution in [-0.4, -0.2) is 9.55 Å². The van der Waals surface area contributed by atoms with Crippen molar-refractivity contribution in [2.24, 2.45) is 0 Å². The van der Waals surface area contributed by atoms with E-state index in [1.807, 2.05) is 29.1 Å². The zero-order valence-corrected chi connectivity index (χ0v) is 9.92. The van der Waals surface area contributed by atoms with Crippen molar-refractivity contribution in [1.29, 1.82) is 0 Å². The summed E-state index contributed by atoms with van der Waals surface area (Å²) in [5.41, 5.74) is 0.0638. The summed E-state index contributed by atoms with van der Waals surface area (Å²) in [7, 11) is 0. The summed E-state index contributed by atoms with van der Waals surface area (Å²) in [5, 5.41) is 5.62. The zero-order chi connectivity index (χ0) is 11.0. The van der Waals surface area contributed by atoms with Gasteiger partial charge in [-0.2, -0.15) is 0 Å². The van der Waals surface area contributed by atoms with E-state index in [9.17, 15) is 4.79 Å². The predicted molar refractivity (Wildman–Crippen MR) is 67.3 cm³/mol. The molecule has 0 aliphatic rings. The Labute approximate surface area is 99.6 Å². The molecule has 16 heavy (non-hydrogen) atoms. The first kappa shape index (κ1) is 9.74. The van der Waals surface area contributed by atoms with E-state index >= 15 is 0 Å². The van der Waals surface area contributed by atoms with E-state index in [1.54, 1.807) is 33.4 Å². The van der Waals surface area contributed by atoms with Gasteiger partial charge in [0.25, 0.3) is 5.56 Å². The average Bonchev–Trinajstić information content (AvgIpc) is 2.93. The van der Waals surface area contributed by atoms with Gasteiger partial charge < -0.3 is 4.57 Å². The lowest BCUT2D eigenvalue weighted by molar-refractivity contribution is 0.763. The van der Waals surface area contributed by atoms with E-state index in [4.69, 9.17) is 0 Å². The van der Waals surface area contributed by atoms with Crippen LogP contribution in [0.3, 0.4) is 0 Å². The monoisotopic (exact) mass is 248 g/mol. The number of thiophene rings is 1. The van der Waals surface area contributed by atoms with Crippen LogP contribution in [0.1, 0.15) is 5.01 Å². The number of aromatic nitrogens is 2. The quantitative estimate of drug-likeness (QED) is 0.698. The second-order valence-electron chi connectivity index (χ2n) is 3.37. The van der Waals surface area contributed by atoms with Crippen molar-refractivity contribution in [3.05, 3.63) is 50.6 Å². The summed E-state index contributed by atoms with van der Waals surface area (Å²) in [6.07, 6.45) is 3.59. The van der Waals surface area contributed by atoms with Crippen molar-refractivity contribution in [3.63, 3.8) is 0 Å². The fraction of sp³-hybridized carbons (Fsp3) is 0.0909. The van der Waals surface area contributed by atoms with Gasteiger partial charge in [0.1, 0.15) is 5.01 Å². The lowest BCUT2D eigenvalue weighted by atomic mass is 10.3. The van der Waals surface area contributed by atoms with E-state index in [1.165, 1.54) is 0 Å². The van der Waals surface area contributed by atoms with E-state index in [-0.39, 0.29) is 5.56 Å². The summed E-state index contributed by atoms with van der Waals surface area (Å²) in [4.78, 5) is 16.2. The molecule has 0 atom stereocenters. The first-order valence-corrected chi connectivity index (χ1v) is 6.55. The lowest BCUT2D eigenvalue weighted by Crippen LogP contribution is -2.19. The van der Waals surface area contributed by atoms with Crippen LogP contribution in [0.25, 0.3) is 10.1 Å². The number of nitrogens with zero attached hydrogens (tertiary/aromatic N) is 2. The van der Waals surface area contributed by atoms with Crippen LogP contribution in [-0.2, 0) is 6.54 Å². The van der Waals surface area contributed by atoms with Crippen LogP contribution in [0, 0.1) is 0 Å². The zero-order valence-electron chi connectivity index (χ0n) is 8.29. The van der Waals surface area contributed by atoms with Gasteiger partial charge in [0.2, 0.25) is 0 Å². The van der Waals surface area contributed by atoms with Crippen molar-refractivity contribution in [2.75, 3.05) is 0 Å². The number of rotatable bonds is 2. The third kappa shape index (κ3) is 1.58. The Balaban J connectivity index is 2.10. The highest BCUT2D eigenvalue weighted by molar-refractivity contribution is 7.17.